The molecule has 1 aliphatic carbocycles. The highest BCUT2D eigenvalue weighted by Crippen LogP contribution is 2.49. The quantitative estimate of drug-likeness (QED) is 0.727. The van der Waals surface area contributed by atoms with Crippen molar-refractivity contribution in [3.05, 3.63) is 35.9 Å². The van der Waals surface area contributed by atoms with Crippen LogP contribution in [0, 0.1) is 5.92 Å². The summed E-state index contributed by atoms with van der Waals surface area (Å²) in [5.41, 5.74) is 1.30. The number of benzene rings is 1. The minimum absolute atomic E-state index is 0.273. The minimum Gasteiger partial charge on any atom is -0.449 e. The van der Waals surface area contributed by atoms with Gasteiger partial charge in [-0.3, -0.25) is 0 Å². The molecule has 0 radical (unpaired) electrons. The van der Waals surface area contributed by atoms with Crippen LogP contribution < -0.4 is 5.32 Å². The topological polar surface area (TPSA) is 38.3 Å². The molecule has 3 nitrogen and oxygen atoms in total. The Balaban J connectivity index is 1.81. The number of carbonyl (C=O) groups is 1. The number of nitrogens with one attached hydrogen (secondary N) is 1. The summed E-state index contributed by atoms with van der Waals surface area (Å²) in [7, 11) is 0. The first kappa shape index (κ1) is 7.85. The highest BCUT2D eigenvalue weighted by molar-refractivity contribution is 5.70. The zero-order valence-corrected chi connectivity index (χ0v) is 7.64. The SMILES string of the molecule is O=C1N[C@H]2[C@@H](CO1)[C@@H]2c1ccccc1. The molecule has 1 amide bonds. The Morgan fingerprint density at radius 2 is 2.07 bits per heavy atom. The van der Waals surface area contributed by atoms with Crippen LogP contribution >= 0.6 is 0 Å². The Morgan fingerprint density at radius 3 is 2.79 bits per heavy atom. The van der Waals surface area contributed by atoms with Crippen molar-refractivity contribution in [3.63, 3.8) is 0 Å². The van der Waals surface area contributed by atoms with Gasteiger partial charge in [0, 0.05) is 17.9 Å². The molecule has 1 saturated carbocycles. The first-order chi connectivity index (χ1) is 6.86. The van der Waals surface area contributed by atoms with E-state index in [1.807, 2.05) is 18.2 Å². The normalized spacial score (nSPS) is 34.0. The van der Waals surface area contributed by atoms with Crippen LogP contribution in [0.4, 0.5) is 4.79 Å². The molecule has 1 N–H and O–H groups in total. The van der Waals surface area contributed by atoms with Crippen LogP contribution in [0.1, 0.15) is 11.5 Å². The van der Waals surface area contributed by atoms with Crippen LogP contribution in [0.2, 0.25) is 0 Å². The average Bonchev–Trinajstić information content (AvgIpc) is 2.92. The van der Waals surface area contributed by atoms with E-state index in [0.717, 1.165) is 0 Å². The second-order valence-electron chi connectivity index (χ2n) is 3.87. The predicted octanol–water partition coefficient (Wildman–Crippen LogP) is 1.51. The number of cyclic esters (lactones) is 1. The Kier molecular flexibility index (Phi) is 1.54. The summed E-state index contributed by atoms with van der Waals surface area (Å²) in [6, 6.07) is 10.6. The van der Waals surface area contributed by atoms with Gasteiger partial charge in [0.2, 0.25) is 0 Å². The third kappa shape index (κ3) is 1.09. The summed E-state index contributed by atoms with van der Waals surface area (Å²) in [6.07, 6.45) is -0.273. The molecule has 72 valence electrons. The number of rotatable bonds is 1. The summed E-state index contributed by atoms with van der Waals surface area (Å²) in [5, 5.41) is 2.84. The van der Waals surface area contributed by atoms with Crippen molar-refractivity contribution in [2.75, 3.05) is 6.61 Å². The molecule has 0 unspecified atom stereocenters. The molecule has 1 saturated heterocycles. The maximum atomic E-state index is 10.9. The average molecular weight is 189 g/mol. The Labute approximate surface area is 82.1 Å². The largest absolute Gasteiger partial charge is 0.449 e. The molecule has 0 aromatic heterocycles. The van der Waals surface area contributed by atoms with Gasteiger partial charge in [0.05, 0.1) is 6.61 Å². The molecule has 1 aliphatic heterocycles. The first-order valence-electron chi connectivity index (χ1n) is 4.84. The fourth-order valence-corrected chi connectivity index (χ4v) is 2.26. The second kappa shape index (κ2) is 2.74. The molecule has 2 aliphatic rings. The monoisotopic (exact) mass is 189 g/mol. The highest BCUT2D eigenvalue weighted by atomic mass is 16.6. The van der Waals surface area contributed by atoms with E-state index in [-0.39, 0.29) is 6.09 Å². The standard InChI is InChI=1S/C11H11NO2/c13-11-12-10-8(6-14-11)9(10)7-4-2-1-3-5-7/h1-5,8-10H,6H2,(H,12,13)/t8-,9-,10-/m0/s1. The number of hydrogen-bond acceptors (Lipinski definition) is 2. The van der Waals surface area contributed by atoms with Crippen LogP contribution in [0.5, 0.6) is 0 Å². The summed E-state index contributed by atoms with van der Waals surface area (Å²) in [6.45, 7) is 0.566. The third-order valence-corrected chi connectivity index (χ3v) is 3.04. The van der Waals surface area contributed by atoms with Crippen LogP contribution in [0.3, 0.4) is 0 Å². The van der Waals surface area contributed by atoms with Gasteiger partial charge in [-0.25, -0.2) is 4.79 Å². The molecule has 3 rings (SSSR count). The summed E-state index contributed by atoms with van der Waals surface area (Å²) in [5.74, 6) is 0.942. The van der Waals surface area contributed by atoms with E-state index in [2.05, 4.69) is 17.4 Å². The van der Waals surface area contributed by atoms with E-state index >= 15 is 0 Å². The van der Waals surface area contributed by atoms with Gasteiger partial charge >= 0.3 is 6.09 Å². The molecule has 3 atom stereocenters. The van der Waals surface area contributed by atoms with Crippen LogP contribution in [-0.4, -0.2) is 18.7 Å². The van der Waals surface area contributed by atoms with E-state index in [9.17, 15) is 4.79 Å². The van der Waals surface area contributed by atoms with Crippen molar-refractivity contribution in [1.82, 2.24) is 5.32 Å². The fraction of sp³-hybridized carbons (Fsp3) is 0.364. The summed E-state index contributed by atoms with van der Waals surface area (Å²) < 4.78 is 4.93. The highest BCUT2D eigenvalue weighted by Gasteiger charge is 2.55. The lowest BCUT2D eigenvalue weighted by molar-refractivity contribution is 0.126. The number of fused-ring (bicyclic) bond motifs is 1. The molecule has 3 heteroatoms. The van der Waals surface area contributed by atoms with Crippen molar-refractivity contribution in [2.24, 2.45) is 5.92 Å². The zero-order valence-electron chi connectivity index (χ0n) is 7.64. The van der Waals surface area contributed by atoms with Gasteiger partial charge in [0.15, 0.2) is 0 Å². The van der Waals surface area contributed by atoms with Crippen molar-refractivity contribution in [3.8, 4) is 0 Å². The molecular weight excluding hydrogens is 178 g/mol. The molecular formula is C11H11NO2. The van der Waals surface area contributed by atoms with Gasteiger partial charge in [-0.1, -0.05) is 30.3 Å². The van der Waals surface area contributed by atoms with Crippen molar-refractivity contribution >= 4 is 6.09 Å². The number of hydrogen-bond donors (Lipinski definition) is 1. The van der Waals surface area contributed by atoms with E-state index in [0.29, 0.717) is 24.5 Å². The molecule has 1 aromatic carbocycles. The Bertz CT molecular complexity index is 363. The lowest BCUT2D eigenvalue weighted by Crippen LogP contribution is -2.33. The maximum absolute atomic E-state index is 10.9. The molecule has 0 bridgehead atoms. The summed E-state index contributed by atoms with van der Waals surface area (Å²) in [4.78, 5) is 10.9. The van der Waals surface area contributed by atoms with Gasteiger partial charge in [0.25, 0.3) is 0 Å². The van der Waals surface area contributed by atoms with Crippen LogP contribution in [-0.2, 0) is 4.74 Å². The van der Waals surface area contributed by atoms with Crippen molar-refractivity contribution < 1.29 is 9.53 Å². The van der Waals surface area contributed by atoms with Gasteiger partial charge in [-0.15, -0.1) is 0 Å². The lowest BCUT2D eigenvalue weighted by Gasteiger charge is -2.10. The van der Waals surface area contributed by atoms with Crippen LogP contribution in [0.15, 0.2) is 30.3 Å². The molecule has 2 fully saturated rings. The number of amides is 1. The van der Waals surface area contributed by atoms with Crippen molar-refractivity contribution in [2.45, 2.75) is 12.0 Å². The van der Waals surface area contributed by atoms with E-state index in [4.69, 9.17) is 4.74 Å². The first-order valence-corrected chi connectivity index (χ1v) is 4.84. The van der Waals surface area contributed by atoms with Crippen LogP contribution in [0.25, 0.3) is 0 Å². The molecule has 1 aromatic rings. The van der Waals surface area contributed by atoms with E-state index in [1.54, 1.807) is 0 Å². The summed E-state index contributed by atoms with van der Waals surface area (Å²) >= 11 is 0. The van der Waals surface area contributed by atoms with Crippen molar-refractivity contribution in [1.29, 1.82) is 0 Å². The zero-order chi connectivity index (χ0) is 9.54. The lowest BCUT2D eigenvalue weighted by atomic mass is 10.1. The third-order valence-electron chi connectivity index (χ3n) is 3.04. The van der Waals surface area contributed by atoms with E-state index < -0.39 is 0 Å². The predicted molar refractivity (Wildman–Crippen MR) is 50.9 cm³/mol. The Morgan fingerprint density at radius 1 is 1.29 bits per heavy atom. The minimum atomic E-state index is -0.273. The number of alkyl carbamates (subject to hydrolysis) is 1. The smallest absolute Gasteiger partial charge is 0.407 e. The number of ether oxygens (including phenoxy) is 1. The fourth-order valence-electron chi connectivity index (χ4n) is 2.26. The molecule has 0 spiro atoms. The molecule has 14 heavy (non-hydrogen) atoms. The second-order valence-corrected chi connectivity index (χ2v) is 3.87. The van der Waals surface area contributed by atoms with Gasteiger partial charge < -0.3 is 10.1 Å². The van der Waals surface area contributed by atoms with Gasteiger partial charge in [-0.05, 0) is 5.56 Å². The Hall–Kier alpha value is -1.51. The molecule has 1 heterocycles. The van der Waals surface area contributed by atoms with E-state index in [1.165, 1.54) is 5.56 Å². The number of carbonyl (C=O) groups excluding carboxylic acids is 1. The maximum Gasteiger partial charge on any atom is 0.407 e. The van der Waals surface area contributed by atoms with Gasteiger partial charge in [-0.2, -0.15) is 0 Å². The van der Waals surface area contributed by atoms with Gasteiger partial charge in [0.1, 0.15) is 0 Å².